The van der Waals surface area contributed by atoms with E-state index in [4.69, 9.17) is 0 Å². The van der Waals surface area contributed by atoms with Crippen LogP contribution in [0.15, 0.2) is 58.0 Å². The van der Waals surface area contributed by atoms with Crippen molar-refractivity contribution in [2.24, 2.45) is 0 Å². The van der Waals surface area contributed by atoms with E-state index >= 15 is 0 Å². The summed E-state index contributed by atoms with van der Waals surface area (Å²) in [6.45, 7) is 3.30. The number of nitrogens with one attached hydrogen (secondary N) is 2. The number of sulfone groups is 1. The average Bonchev–Trinajstić information content (AvgIpc) is 3.04. The van der Waals surface area contributed by atoms with Crippen molar-refractivity contribution in [1.82, 2.24) is 9.97 Å². The van der Waals surface area contributed by atoms with Crippen molar-refractivity contribution in [2.45, 2.75) is 30.4 Å². The maximum Gasteiger partial charge on any atom is 0.231 e. The molecule has 0 spiro atoms. The first-order valence-electron chi connectivity index (χ1n) is 9.96. The van der Waals surface area contributed by atoms with Crippen LogP contribution in [0.4, 0.5) is 28.8 Å². The molecule has 0 atom stereocenters. The molecule has 10 heteroatoms. The summed E-state index contributed by atoms with van der Waals surface area (Å²) in [5, 5.41) is 5.70. The van der Waals surface area contributed by atoms with Gasteiger partial charge in [0.15, 0.2) is 9.84 Å². The van der Waals surface area contributed by atoms with Crippen molar-refractivity contribution < 1.29 is 13.2 Å². The van der Waals surface area contributed by atoms with Crippen molar-refractivity contribution in [3.05, 3.63) is 58.7 Å². The van der Waals surface area contributed by atoms with Crippen LogP contribution in [-0.2, 0) is 21.1 Å². The van der Waals surface area contributed by atoms with E-state index in [1.807, 2.05) is 18.2 Å². The molecule has 0 fully saturated rings. The number of aromatic nitrogens is 2. The van der Waals surface area contributed by atoms with Crippen molar-refractivity contribution >= 4 is 60.5 Å². The zero-order valence-corrected chi connectivity index (χ0v) is 20.2. The van der Waals surface area contributed by atoms with Crippen LogP contribution in [0.5, 0.6) is 0 Å². The highest BCUT2D eigenvalue weighted by Crippen LogP contribution is 2.33. The van der Waals surface area contributed by atoms with Crippen LogP contribution in [0.3, 0.4) is 0 Å². The van der Waals surface area contributed by atoms with E-state index < -0.39 is 15.1 Å². The molecule has 1 aromatic heterocycles. The quantitative estimate of drug-likeness (QED) is 0.500. The zero-order valence-electron chi connectivity index (χ0n) is 17.8. The molecule has 8 nitrogen and oxygen atoms in total. The predicted octanol–water partition coefficient (Wildman–Crippen LogP) is 4.43. The van der Waals surface area contributed by atoms with Crippen LogP contribution in [-0.4, -0.2) is 36.6 Å². The van der Waals surface area contributed by atoms with Gasteiger partial charge in [0.1, 0.15) is 5.82 Å². The Morgan fingerprint density at radius 2 is 1.88 bits per heavy atom. The molecule has 0 saturated carbocycles. The first kappa shape index (κ1) is 22.2. The lowest BCUT2D eigenvalue weighted by atomic mass is 10.1. The molecule has 32 heavy (non-hydrogen) atoms. The van der Waals surface area contributed by atoms with Gasteiger partial charge in [-0.25, -0.2) is 13.4 Å². The van der Waals surface area contributed by atoms with Crippen LogP contribution in [0.2, 0.25) is 0 Å². The molecular weight excluding hydrogens is 494 g/mol. The van der Waals surface area contributed by atoms with Gasteiger partial charge in [0.2, 0.25) is 11.9 Å². The van der Waals surface area contributed by atoms with E-state index in [1.54, 1.807) is 56.3 Å². The minimum absolute atomic E-state index is 0.0542. The molecule has 1 aliphatic heterocycles. The number of amides is 1. The fraction of sp³-hybridized carbons (Fsp3) is 0.227. The monoisotopic (exact) mass is 515 g/mol. The van der Waals surface area contributed by atoms with Gasteiger partial charge in [-0.2, -0.15) is 4.98 Å². The van der Waals surface area contributed by atoms with Gasteiger partial charge in [-0.3, -0.25) is 4.79 Å². The molecule has 0 bridgehead atoms. The number of carbonyl (C=O) groups excluding carboxylic acids is 1. The predicted molar refractivity (Wildman–Crippen MR) is 129 cm³/mol. The Kier molecular flexibility index (Phi) is 5.91. The van der Waals surface area contributed by atoms with Gasteiger partial charge in [-0.05, 0) is 59.6 Å². The van der Waals surface area contributed by atoms with Gasteiger partial charge in [0.05, 0.1) is 26.7 Å². The summed E-state index contributed by atoms with van der Waals surface area (Å²) >= 11 is 3.42. The number of benzene rings is 2. The van der Waals surface area contributed by atoms with Gasteiger partial charge >= 0.3 is 0 Å². The first-order chi connectivity index (χ1) is 15.2. The highest BCUT2D eigenvalue weighted by Gasteiger charge is 2.25. The van der Waals surface area contributed by atoms with Crippen LogP contribution >= 0.6 is 15.9 Å². The number of carbonyl (C=O) groups is 1. The van der Waals surface area contributed by atoms with Gasteiger partial charge < -0.3 is 15.5 Å². The average molecular weight is 516 g/mol. The summed E-state index contributed by atoms with van der Waals surface area (Å²) in [7, 11) is -1.74. The van der Waals surface area contributed by atoms with Crippen LogP contribution in [0.25, 0.3) is 0 Å². The maximum absolute atomic E-state index is 12.8. The number of hydrogen-bond donors (Lipinski definition) is 2. The first-order valence-corrected chi connectivity index (χ1v) is 12.3. The fourth-order valence-corrected chi connectivity index (χ4v) is 4.85. The lowest BCUT2D eigenvalue weighted by Gasteiger charge is -2.16. The molecule has 0 aliphatic carbocycles. The molecule has 4 rings (SSSR count). The Morgan fingerprint density at radius 1 is 1.12 bits per heavy atom. The van der Waals surface area contributed by atoms with Gasteiger partial charge in [-0.15, -0.1) is 0 Å². The summed E-state index contributed by atoms with van der Waals surface area (Å²) in [6.07, 6.45) is 1.98. The number of para-hydroxylation sites is 1. The molecule has 0 unspecified atom stereocenters. The molecule has 0 radical (unpaired) electrons. The van der Waals surface area contributed by atoms with Crippen molar-refractivity contribution in [1.29, 1.82) is 0 Å². The highest BCUT2D eigenvalue weighted by molar-refractivity contribution is 9.10. The molecule has 2 N–H and O–H groups in total. The normalized spacial score (nSPS) is 13.4. The summed E-state index contributed by atoms with van der Waals surface area (Å²) < 4.78 is 26.1. The van der Waals surface area contributed by atoms with Crippen molar-refractivity contribution in [2.75, 3.05) is 22.6 Å². The Balaban J connectivity index is 1.63. The third-order valence-electron chi connectivity index (χ3n) is 5.23. The van der Waals surface area contributed by atoms with E-state index in [0.717, 1.165) is 16.9 Å². The van der Waals surface area contributed by atoms with Crippen molar-refractivity contribution in [3.63, 3.8) is 0 Å². The maximum atomic E-state index is 12.8. The van der Waals surface area contributed by atoms with E-state index in [-0.39, 0.29) is 10.8 Å². The number of anilines is 5. The number of nitrogens with zero attached hydrogens (tertiary/aromatic N) is 3. The number of likely N-dealkylation sites (N-methyl/N-ethyl adjacent to an activating group) is 1. The minimum Gasteiger partial charge on any atom is -0.338 e. The van der Waals surface area contributed by atoms with Gasteiger partial charge in [-0.1, -0.05) is 18.2 Å². The minimum atomic E-state index is -3.48. The molecule has 1 amide bonds. The number of rotatable bonds is 6. The standard InChI is InChI=1S/C22H22BrN5O3S/c1-13(2)32(30,31)19-7-5-4-6-17(19)26-21-16(23)12-24-22(27-21)25-15-9-8-14-10-20(29)28(3)18(14)11-15/h4-9,11-13H,10H2,1-3H3,(H2,24,25,26,27). The van der Waals surface area contributed by atoms with Crippen molar-refractivity contribution in [3.8, 4) is 0 Å². The lowest BCUT2D eigenvalue weighted by molar-refractivity contribution is -0.117. The SMILES string of the molecule is CC(C)S(=O)(=O)c1ccccc1Nc1nc(Nc2ccc3c(c2)N(C)C(=O)C3)ncc1Br. The molecule has 1 aliphatic rings. The Bertz CT molecular complexity index is 1310. The summed E-state index contributed by atoms with van der Waals surface area (Å²) in [6, 6.07) is 12.4. The summed E-state index contributed by atoms with van der Waals surface area (Å²) in [5.74, 6) is 0.799. The largest absolute Gasteiger partial charge is 0.338 e. The van der Waals surface area contributed by atoms with E-state index in [1.165, 1.54) is 0 Å². The van der Waals surface area contributed by atoms with Crippen LogP contribution < -0.4 is 15.5 Å². The zero-order chi connectivity index (χ0) is 23.0. The molecular formula is C22H22BrN5O3S. The second-order valence-electron chi connectivity index (χ2n) is 7.70. The third kappa shape index (κ3) is 4.20. The Hall–Kier alpha value is -2.98. The van der Waals surface area contributed by atoms with Gasteiger partial charge in [0.25, 0.3) is 0 Å². The number of fused-ring (bicyclic) bond motifs is 1. The molecule has 3 aromatic rings. The topological polar surface area (TPSA) is 104 Å². The van der Waals surface area contributed by atoms with E-state index in [2.05, 4.69) is 36.5 Å². The smallest absolute Gasteiger partial charge is 0.231 e. The molecule has 2 aromatic carbocycles. The summed E-state index contributed by atoms with van der Waals surface area (Å²) in [4.78, 5) is 22.6. The molecule has 166 valence electrons. The highest BCUT2D eigenvalue weighted by atomic mass is 79.9. The fourth-order valence-electron chi connectivity index (χ4n) is 3.36. The van der Waals surface area contributed by atoms with E-state index in [0.29, 0.717) is 28.3 Å². The van der Waals surface area contributed by atoms with E-state index in [9.17, 15) is 13.2 Å². The second-order valence-corrected chi connectivity index (χ2v) is 11.0. The Morgan fingerprint density at radius 3 is 2.62 bits per heavy atom. The molecule has 0 saturated heterocycles. The second kappa shape index (κ2) is 8.51. The van der Waals surface area contributed by atoms with Crippen LogP contribution in [0, 0.1) is 0 Å². The lowest BCUT2D eigenvalue weighted by Crippen LogP contribution is -2.20. The molecule has 2 heterocycles. The Labute approximate surface area is 195 Å². The van der Waals surface area contributed by atoms with Crippen LogP contribution in [0.1, 0.15) is 19.4 Å². The number of halogens is 1. The van der Waals surface area contributed by atoms with Gasteiger partial charge in [0, 0.05) is 24.6 Å². The summed E-state index contributed by atoms with van der Waals surface area (Å²) in [5.41, 5.74) is 3.00. The number of hydrogen-bond acceptors (Lipinski definition) is 7. The third-order valence-corrected chi connectivity index (χ3v) is 8.02.